The van der Waals surface area contributed by atoms with Crippen LogP contribution in [0.1, 0.15) is 27.0 Å². The molecule has 104 valence electrons. The van der Waals surface area contributed by atoms with Crippen molar-refractivity contribution in [1.82, 2.24) is 0 Å². The quantitative estimate of drug-likeness (QED) is 0.841. The monoisotopic (exact) mass is 335 g/mol. The van der Waals surface area contributed by atoms with E-state index in [4.69, 9.17) is 0 Å². The van der Waals surface area contributed by atoms with E-state index in [1.54, 1.807) is 6.07 Å². The summed E-state index contributed by atoms with van der Waals surface area (Å²) in [6, 6.07) is 8.34. The maximum absolute atomic E-state index is 13.5. The number of benzene rings is 2. The summed E-state index contributed by atoms with van der Waals surface area (Å²) in [5, 5.41) is 2.85. The average Bonchev–Trinajstić information content (AvgIpc) is 2.36. The van der Waals surface area contributed by atoms with Crippen molar-refractivity contribution in [1.29, 1.82) is 0 Å². The number of carbonyl (C=O) groups excluding carboxylic acids is 1. The van der Waals surface area contributed by atoms with E-state index in [0.29, 0.717) is 10.0 Å². The van der Waals surface area contributed by atoms with Gasteiger partial charge in [-0.1, -0.05) is 17.7 Å². The predicted molar refractivity (Wildman–Crippen MR) is 82.7 cm³/mol. The molecule has 0 aliphatic heterocycles. The molecule has 0 aliphatic rings. The molecule has 0 saturated heterocycles. The van der Waals surface area contributed by atoms with Crippen LogP contribution in [0.25, 0.3) is 0 Å². The zero-order valence-corrected chi connectivity index (χ0v) is 13.1. The van der Waals surface area contributed by atoms with Gasteiger partial charge in [0.1, 0.15) is 5.82 Å². The topological polar surface area (TPSA) is 29.1 Å². The number of anilines is 1. The van der Waals surface area contributed by atoms with Gasteiger partial charge in [0.15, 0.2) is 0 Å². The fourth-order valence-corrected chi connectivity index (χ4v) is 2.45. The van der Waals surface area contributed by atoms with Crippen LogP contribution < -0.4 is 5.32 Å². The summed E-state index contributed by atoms with van der Waals surface area (Å²) in [4.78, 5) is 12.2. The molecule has 0 radical (unpaired) electrons. The molecule has 2 aromatic rings. The lowest BCUT2D eigenvalue weighted by Gasteiger charge is -2.13. The molecule has 2 rings (SSSR count). The molecule has 0 bridgehead atoms. The van der Waals surface area contributed by atoms with Gasteiger partial charge in [0.2, 0.25) is 0 Å². The summed E-state index contributed by atoms with van der Waals surface area (Å²) in [5.41, 5.74) is 4.21. The zero-order valence-electron chi connectivity index (χ0n) is 11.6. The van der Waals surface area contributed by atoms with Crippen LogP contribution in [-0.4, -0.2) is 5.91 Å². The van der Waals surface area contributed by atoms with Crippen molar-refractivity contribution in [3.63, 3.8) is 0 Å². The van der Waals surface area contributed by atoms with Crippen LogP contribution in [0.4, 0.5) is 10.1 Å². The fraction of sp³-hybridized carbons (Fsp3) is 0.188. The van der Waals surface area contributed by atoms with Crippen LogP contribution in [0.3, 0.4) is 0 Å². The lowest BCUT2D eigenvalue weighted by atomic mass is 10.0. The maximum atomic E-state index is 13.5. The summed E-state index contributed by atoms with van der Waals surface area (Å²) in [6.45, 7) is 5.89. The Balaban J connectivity index is 2.30. The van der Waals surface area contributed by atoms with Crippen molar-refractivity contribution in [2.45, 2.75) is 20.8 Å². The minimum Gasteiger partial charge on any atom is -0.322 e. The third-order valence-electron chi connectivity index (χ3n) is 3.10. The van der Waals surface area contributed by atoms with Crippen molar-refractivity contribution < 1.29 is 9.18 Å². The summed E-state index contributed by atoms with van der Waals surface area (Å²) < 4.78 is 13.8. The van der Waals surface area contributed by atoms with Gasteiger partial charge in [0, 0.05) is 11.3 Å². The van der Waals surface area contributed by atoms with E-state index in [9.17, 15) is 9.18 Å². The molecule has 2 nitrogen and oxygen atoms in total. The number of carbonyl (C=O) groups is 1. The second-order valence-corrected chi connectivity index (χ2v) is 5.71. The van der Waals surface area contributed by atoms with Crippen molar-refractivity contribution in [3.8, 4) is 0 Å². The molecule has 0 heterocycles. The molecule has 1 amide bonds. The van der Waals surface area contributed by atoms with Gasteiger partial charge < -0.3 is 5.32 Å². The smallest absolute Gasteiger partial charge is 0.255 e. The molecule has 0 aliphatic carbocycles. The highest BCUT2D eigenvalue weighted by molar-refractivity contribution is 9.10. The lowest BCUT2D eigenvalue weighted by molar-refractivity contribution is 0.102. The number of hydrogen-bond donors (Lipinski definition) is 1. The predicted octanol–water partition coefficient (Wildman–Crippen LogP) is 4.77. The molecule has 4 heteroatoms. The maximum Gasteiger partial charge on any atom is 0.255 e. The molecule has 0 fully saturated rings. The largest absolute Gasteiger partial charge is 0.322 e. The van der Waals surface area contributed by atoms with E-state index < -0.39 is 5.82 Å². The van der Waals surface area contributed by atoms with Crippen LogP contribution in [-0.2, 0) is 0 Å². The molecule has 0 spiro atoms. The molecule has 0 saturated carbocycles. The van der Waals surface area contributed by atoms with E-state index in [2.05, 4.69) is 21.2 Å². The number of nitrogens with one attached hydrogen (secondary N) is 1. The highest BCUT2D eigenvalue weighted by Gasteiger charge is 2.12. The first-order valence-corrected chi connectivity index (χ1v) is 7.02. The van der Waals surface area contributed by atoms with Gasteiger partial charge in [0.25, 0.3) is 5.91 Å². The van der Waals surface area contributed by atoms with Gasteiger partial charge in [-0.25, -0.2) is 4.39 Å². The van der Waals surface area contributed by atoms with Crippen LogP contribution in [0, 0.1) is 26.6 Å². The Morgan fingerprint density at radius 2 is 1.70 bits per heavy atom. The van der Waals surface area contributed by atoms with Gasteiger partial charge >= 0.3 is 0 Å². The minimum atomic E-state index is -0.449. The van der Waals surface area contributed by atoms with E-state index in [1.807, 2.05) is 32.9 Å². The molecule has 0 aromatic heterocycles. The van der Waals surface area contributed by atoms with Crippen molar-refractivity contribution in [2.75, 3.05) is 5.32 Å². The number of aryl methyl sites for hydroxylation is 3. The summed E-state index contributed by atoms with van der Waals surface area (Å²) in [7, 11) is 0. The van der Waals surface area contributed by atoms with Gasteiger partial charge in [-0.2, -0.15) is 0 Å². The standard InChI is InChI=1S/C16H15BrFNO/c1-9-6-10(2)15(11(3)7-9)19-16(20)12-4-5-13(17)14(18)8-12/h4-8H,1-3H3,(H,19,20). The third-order valence-corrected chi connectivity index (χ3v) is 3.74. The van der Waals surface area contributed by atoms with E-state index in [-0.39, 0.29) is 5.91 Å². The lowest BCUT2D eigenvalue weighted by Crippen LogP contribution is -2.14. The van der Waals surface area contributed by atoms with Crippen LogP contribution in [0.15, 0.2) is 34.8 Å². The highest BCUT2D eigenvalue weighted by Crippen LogP contribution is 2.23. The Bertz CT molecular complexity index is 659. The molecule has 1 N–H and O–H groups in total. The molecule has 0 atom stereocenters. The SMILES string of the molecule is Cc1cc(C)c(NC(=O)c2ccc(Br)c(F)c2)c(C)c1. The molecule has 20 heavy (non-hydrogen) atoms. The van der Waals surface area contributed by atoms with Gasteiger partial charge in [-0.05, 0) is 66.0 Å². The van der Waals surface area contributed by atoms with Gasteiger partial charge in [-0.15, -0.1) is 0 Å². The first-order chi connectivity index (χ1) is 9.38. The first kappa shape index (κ1) is 14.7. The summed E-state index contributed by atoms with van der Waals surface area (Å²) in [5.74, 6) is -0.763. The normalized spacial score (nSPS) is 10.4. The number of hydrogen-bond acceptors (Lipinski definition) is 1. The van der Waals surface area contributed by atoms with Gasteiger partial charge in [-0.3, -0.25) is 4.79 Å². The van der Waals surface area contributed by atoms with Crippen molar-refractivity contribution >= 4 is 27.5 Å². The first-order valence-electron chi connectivity index (χ1n) is 6.22. The third kappa shape index (κ3) is 3.07. The van der Waals surface area contributed by atoms with Crippen LogP contribution in [0.2, 0.25) is 0 Å². The van der Waals surface area contributed by atoms with Crippen molar-refractivity contribution in [2.24, 2.45) is 0 Å². The van der Waals surface area contributed by atoms with E-state index >= 15 is 0 Å². The number of rotatable bonds is 2. The van der Waals surface area contributed by atoms with Gasteiger partial charge in [0.05, 0.1) is 4.47 Å². The number of halogens is 2. The summed E-state index contributed by atoms with van der Waals surface area (Å²) >= 11 is 3.07. The Morgan fingerprint density at radius 3 is 2.25 bits per heavy atom. The van der Waals surface area contributed by atoms with Crippen LogP contribution in [0.5, 0.6) is 0 Å². The molecular formula is C16H15BrFNO. The summed E-state index contributed by atoms with van der Waals surface area (Å²) in [6.07, 6.45) is 0. The Hall–Kier alpha value is -1.68. The zero-order chi connectivity index (χ0) is 14.9. The van der Waals surface area contributed by atoms with E-state index in [0.717, 1.165) is 22.4 Å². The van der Waals surface area contributed by atoms with Crippen molar-refractivity contribution in [3.05, 3.63) is 62.9 Å². The Labute approximate surface area is 126 Å². The minimum absolute atomic E-state index is 0.296. The number of amides is 1. The second-order valence-electron chi connectivity index (χ2n) is 4.86. The Kier molecular flexibility index (Phi) is 4.23. The average molecular weight is 336 g/mol. The Morgan fingerprint density at radius 1 is 1.10 bits per heavy atom. The molecule has 2 aromatic carbocycles. The second kappa shape index (κ2) is 5.75. The fourth-order valence-electron chi connectivity index (χ4n) is 2.20. The molecular weight excluding hydrogens is 321 g/mol. The van der Waals surface area contributed by atoms with Crippen LogP contribution >= 0.6 is 15.9 Å². The van der Waals surface area contributed by atoms with E-state index in [1.165, 1.54) is 12.1 Å². The highest BCUT2D eigenvalue weighted by atomic mass is 79.9. The molecule has 0 unspecified atom stereocenters.